The molecule has 0 spiro atoms. The number of aromatic nitrogens is 2. The quantitative estimate of drug-likeness (QED) is 0.243. The smallest absolute Gasteiger partial charge is 0.307 e. The van der Waals surface area contributed by atoms with Gasteiger partial charge in [-0.25, -0.2) is 4.99 Å². The number of anilines is 1. The number of nitrogens with one attached hydrogen (secondary N) is 1. The molecule has 4 rings (SSSR count). The number of nitrogens with zero attached hydrogens (tertiary/aromatic N) is 3. The first-order chi connectivity index (χ1) is 16.3. The zero-order valence-corrected chi connectivity index (χ0v) is 21.0. The van der Waals surface area contributed by atoms with Gasteiger partial charge in [-0.1, -0.05) is 29.8 Å². The number of carboxylic acids is 1. The lowest BCUT2D eigenvalue weighted by molar-refractivity contribution is -0.136. The second-order valence-corrected chi connectivity index (χ2v) is 9.17. The Kier molecular flexibility index (Phi) is 6.95. The number of halogens is 1. The maximum Gasteiger partial charge on any atom is 0.307 e. The van der Waals surface area contributed by atoms with E-state index in [0.29, 0.717) is 5.02 Å². The summed E-state index contributed by atoms with van der Waals surface area (Å²) in [5.74, 6) is -0.0336. The summed E-state index contributed by atoms with van der Waals surface area (Å²) < 4.78 is 1.85. The van der Waals surface area contributed by atoms with Crippen molar-refractivity contribution in [3.63, 3.8) is 0 Å². The number of fused-ring (bicyclic) bond motifs is 1. The van der Waals surface area contributed by atoms with Crippen molar-refractivity contribution in [3.8, 4) is 11.1 Å². The first kappa shape index (κ1) is 23.9. The zero-order chi connectivity index (χ0) is 24.4. The van der Waals surface area contributed by atoms with Gasteiger partial charge in [-0.05, 0) is 71.8 Å². The van der Waals surface area contributed by atoms with E-state index in [-0.39, 0.29) is 6.42 Å². The third-order valence-corrected chi connectivity index (χ3v) is 6.67. The SMILES string of the molecule is CNc1nn(C)c2cc(C(=Nc3cc(C)c(CC(=O)O)c(-c4ccc(Cl)cc4)c3)SC)ccc12. The summed E-state index contributed by atoms with van der Waals surface area (Å²) in [4.78, 5) is 16.5. The second-order valence-electron chi connectivity index (χ2n) is 7.94. The topological polar surface area (TPSA) is 79.5 Å². The number of carboxylic acid groups (broad SMARTS) is 1. The molecule has 0 aliphatic rings. The maximum atomic E-state index is 11.5. The Labute approximate surface area is 207 Å². The molecule has 0 fully saturated rings. The van der Waals surface area contributed by atoms with E-state index in [1.807, 2.05) is 74.4 Å². The van der Waals surface area contributed by atoms with Crippen molar-refractivity contribution in [1.29, 1.82) is 0 Å². The Morgan fingerprint density at radius 3 is 2.56 bits per heavy atom. The van der Waals surface area contributed by atoms with Crippen LogP contribution in [0.3, 0.4) is 0 Å². The molecule has 2 N–H and O–H groups in total. The molecule has 0 unspecified atom stereocenters. The van der Waals surface area contributed by atoms with Crippen LogP contribution in [-0.4, -0.2) is 39.2 Å². The van der Waals surface area contributed by atoms with Crippen molar-refractivity contribution in [3.05, 3.63) is 76.3 Å². The Hall–Kier alpha value is -3.29. The van der Waals surface area contributed by atoms with Gasteiger partial charge < -0.3 is 10.4 Å². The normalized spacial score (nSPS) is 11.7. The largest absolute Gasteiger partial charge is 0.481 e. The van der Waals surface area contributed by atoms with Crippen LogP contribution in [0.15, 0.2) is 59.6 Å². The molecule has 0 atom stereocenters. The van der Waals surface area contributed by atoms with Crippen LogP contribution in [0.4, 0.5) is 11.5 Å². The number of hydrogen-bond donors (Lipinski definition) is 2. The minimum Gasteiger partial charge on any atom is -0.481 e. The summed E-state index contributed by atoms with van der Waals surface area (Å²) in [7, 11) is 3.78. The van der Waals surface area contributed by atoms with Crippen LogP contribution in [0.2, 0.25) is 5.02 Å². The van der Waals surface area contributed by atoms with E-state index in [9.17, 15) is 9.90 Å². The molecule has 34 heavy (non-hydrogen) atoms. The van der Waals surface area contributed by atoms with Crippen molar-refractivity contribution >= 4 is 56.8 Å². The standard InChI is InChI=1S/C26H25ClN4O2S/c1-15-11-19(13-22(21(15)14-24(32)33)16-5-8-18(27)9-6-16)29-26(34-4)17-7-10-20-23(12-17)31(3)30-25(20)28-2/h5-13H,14H2,1-4H3,(H,28,30)(H,32,33). The van der Waals surface area contributed by atoms with Gasteiger partial charge in [0.15, 0.2) is 5.82 Å². The van der Waals surface area contributed by atoms with Crippen LogP contribution in [0, 0.1) is 6.92 Å². The molecule has 0 amide bonds. The van der Waals surface area contributed by atoms with Crippen LogP contribution in [0.1, 0.15) is 16.7 Å². The lowest BCUT2D eigenvalue weighted by atomic mass is 9.93. The summed E-state index contributed by atoms with van der Waals surface area (Å²) in [6, 6.07) is 17.5. The third kappa shape index (κ3) is 4.81. The van der Waals surface area contributed by atoms with Gasteiger partial charge in [-0.15, -0.1) is 11.8 Å². The molecule has 0 saturated carbocycles. The highest BCUT2D eigenvalue weighted by Gasteiger charge is 2.15. The van der Waals surface area contributed by atoms with E-state index < -0.39 is 5.97 Å². The average Bonchev–Trinajstić information content (AvgIpc) is 3.14. The molecule has 6 nitrogen and oxygen atoms in total. The van der Waals surface area contributed by atoms with Crippen molar-refractivity contribution in [2.45, 2.75) is 13.3 Å². The predicted molar refractivity (Wildman–Crippen MR) is 143 cm³/mol. The molecular formula is C26H25ClN4O2S. The fourth-order valence-corrected chi connectivity index (χ4v) is 4.74. The molecule has 1 heterocycles. The molecule has 3 aromatic carbocycles. The monoisotopic (exact) mass is 492 g/mol. The Morgan fingerprint density at radius 1 is 1.18 bits per heavy atom. The molecule has 1 aromatic heterocycles. The van der Waals surface area contributed by atoms with E-state index in [1.54, 1.807) is 11.8 Å². The predicted octanol–water partition coefficient (Wildman–Crippen LogP) is 6.31. The number of rotatable bonds is 6. The first-order valence-electron chi connectivity index (χ1n) is 10.7. The van der Waals surface area contributed by atoms with E-state index in [0.717, 1.165) is 55.3 Å². The van der Waals surface area contributed by atoms with Gasteiger partial charge in [0.25, 0.3) is 0 Å². The highest BCUT2D eigenvalue weighted by Crippen LogP contribution is 2.34. The number of aliphatic carboxylic acids is 1. The highest BCUT2D eigenvalue weighted by molar-refractivity contribution is 8.13. The van der Waals surface area contributed by atoms with E-state index in [1.165, 1.54) is 0 Å². The molecule has 8 heteroatoms. The minimum atomic E-state index is -0.871. The van der Waals surface area contributed by atoms with Crippen molar-refractivity contribution in [2.75, 3.05) is 18.6 Å². The molecule has 174 valence electrons. The summed E-state index contributed by atoms with van der Waals surface area (Å²) >= 11 is 7.64. The van der Waals surface area contributed by atoms with Gasteiger partial charge in [-0.3, -0.25) is 9.48 Å². The second kappa shape index (κ2) is 9.91. The van der Waals surface area contributed by atoms with Crippen LogP contribution in [-0.2, 0) is 18.3 Å². The average molecular weight is 493 g/mol. The van der Waals surface area contributed by atoms with E-state index in [2.05, 4.69) is 22.5 Å². The fourth-order valence-electron chi connectivity index (χ4n) is 4.06. The summed E-state index contributed by atoms with van der Waals surface area (Å²) in [6.45, 7) is 1.93. The van der Waals surface area contributed by atoms with Crippen molar-refractivity contribution in [1.82, 2.24) is 9.78 Å². The Bertz CT molecular complexity index is 1410. The molecule has 0 aliphatic carbocycles. The van der Waals surface area contributed by atoms with Crippen molar-refractivity contribution in [2.24, 2.45) is 12.0 Å². The number of carbonyl (C=O) groups is 1. The fraction of sp³-hybridized carbons (Fsp3) is 0.192. The van der Waals surface area contributed by atoms with Gasteiger partial charge >= 0.3 is 5.97 Å². The number of benzene rings is 3. The molecule has 0 saturated heterocycles. The number of thioether (sulfide) groups is 1. The van der Waals surface area contributed by atoms with Gasteiger partial charge in [0.1, 0.15) is 5.04 Å². The Balaban J connectivity index is 1.83. The van der Waals surface area contributed by atoms with Crippen LogP contribution >= 0.6 is 23.4 Å². The number of aliphatic imine (C=N–C) groups is 1. The van der Waals surface area contributed by atoms with Crippen LogP contribution in [0.25, 0.3) is 22.0 Å². The van der Waals surface area contributed by atoms with E-state index >= 15 is 0 Å². The minimum absolute atomic E-state index is 0.0614. The third-order valence-electron chi connectivity index (χ3n) is 5.70. The van der Waals surface area contributed by atoms with Crippen LogP contribution in [0.5, 0.6) is 0 Å². The molecular weight excluding hydrogens is 468 g/mol. The number of aryl methyl sites for hydroxylation is 2. The lowest BCUT2D eigenvalue weighted by Crippen LogP contribution is -2.04. The van der Waals surface area contributed by atoms with Gasteiger partial charge in [-0.2, -0.15) is 5.10 Å². The zero-order valence-electron chi connectivity index (χ0n) is 19.4. The summed E-state index contributed by atoms with van der Waals surface area (Å²) in [5.41, 5.74) is 6.18. The van der Waals surface area contributed by atoms with Gasteiger partial charge in [0.05, 0.1) is 17.6 Å². The van der Waals surface area contributed by atoms with E-state index in [4.69, 9.17) is 16.6 Å². The molecule has 0 bridgehead atoms. The lowest BCUT2D eigenvalue weighted by Gasteiger charge is -2.14. The maximum absolute atomic E-state index is 11.5. The molecule has 0 radical (unpaired) electrons. The van der Waals surface area contributed by atoms with Crippen molar-refractivity contribution < 1.29 is 9.90 Å². The van der Waals surface area contributed by atoms with Gasteiger partial charge in [0, 0.05) is 30.1 Å². The van der Waals surface area contributed by atoms with Gasteiger partial charge in [0.2, 0.25) is 0 Å². The summed E-state index contributed by atoms with van der Waals surface area (Å²) in [6.07, 6.45) is 1.94. The Morgan fingerprint density at radius 2 is 1.91 bits per heavy atom. The molecule has 4 aromatic rings. The highest BCUT2D eigenvalue weighted by atomic mass is 35.5. The number of hydrogen-bond acceptors (Lipinski definition) is 5. The summed E-state index contributed by atoms with van der Waals surface area (Å²) in [5, 5.41) is 19.7. The van der Waals surface area contributed by atoms with Crippen LogP contribution < -0.4 is 5.32 Å². The first-order valence-corrected chi connectivity index (χ1v) is 12.3. The molecule has 0 aliphatic heterocycles.